The molecule has 1 heteroatoms. The molecule has 0 amide bonds. The Hall–Kier alpha value is 0.0900. The van der Waals surface area contributed by atoms with Gasteiger partial charge in [0, 0.05) is 0 Å². The van der Waals surface area contributed by atoms with Crippen molar-refractivity contribution in [3.05, 3.63) is 12.7 Å². The van der Waals surface area contributed by atoms with Gasteiger partial charge < -0.3 is 0 Å². The van der Waals surface area contributed by atoms with Crippen molar-refractivity contribution in [3.63, 3.8) is 0 Å². The van der Waals surface area contributed by atoms with Crippen molar-refractivity contribution in [1.82, 2.24) is 0 Å². The monoisotopic (exact) mass is 158 g/mol. The molecule has 1 unspecified atom stereocenters. The maximum absolute atomic E-state index is 3.82. The lowest BCUT2D eigenvalue weighted by Crippen LogP contribution is -1.98. The van der Waals surface area contributed by atoms with Gasteiger partial charge in [-0.25, -0.2) is 0 Å². The molecule has 0 heterocycles. The average Bonchev–Trinajstić information content (AvgIpc) is 1.98. The van der Waals surface area contributed by atoms with Crippen molar-refractivity contribution in [2.45, 2.75) is 26.7 Å². The molecular formula is C9H18S. The summed E-state index contributed by atoms with van der Waals surface area (Å²) in [5, 5.41) is 0. The van der Waals surface area contributed by atoms with Gasteiger partial charge in [-0.15, -0.1) is 6.58 Å². The zero-order valence-corrected chi connectivity index (χ0v) is 7.91. The van der Waals surface area contributed by atoms with E-state index in [1.807, 2.05) is 11.8 Å². The van der Waals surface area contributed by atoms with Gasteiger partial charge in [0.1, 0.15) is 0 Å². The van der Waals surface area contributed by atoms with Gasteiger partial charge in [-0.3, -0.25) is 0 Å². The quantitative estimate of drug-likeness (QED) is 0.534. The van der Waals surface area contributed by atoms with Crippen LogP contribution in [0.4, 0.5) is 0 Å². The lowest BCUT2D eigenvalue weighted by molar-refractivity contribution is 0.644. The zero-order valence-electron chi connectivity index (χ0n) is 7.10. The SMILES string of the molecule is C=CC(CCC)CSCC. The first kappa shape index (κ1) is 10.1. The van der Waals surface area contributed by atoms with Crippen LogP contribution >= 0.6 is 11.8 Å². The van der Waals surface area contributed by atoms with E-state index in [2.05, 4.69) is 26.5 Å². The highest BCUT2D eigenvalue weighted by molar-refractivity contribution is 7.99. The molecule has 0 aromatic rings. The highest BCUT2D eigenvalue weighted by atomic mass is 32.2. The summed E-state index contributed by atoms with van der Waals surface area (Å²) in [4.78, 5) is 0. The van der Waals surface area contributed by atoms with E-state index >= 15 is 0 Å². The predicted octanol–water partition coefficient (Wildman–Crippen LogP) is 3.34. The summed E-state index contributed by atoms with van der Waals surface area (Å²) in [5.41, 5.74) is 0. The molecule has 0 rings (SSSR count). The van der Waals surface area contributed by atoms with Crippen molar-refractivity contribution < 1.29 is 0 Å². The minimum absolute atomic E-state index is 0.745. The van der Waals surface area contributed by atoms with E-state index in [-0.39, 0.29) is 0 Å². The average molecular weight is 158 g/mol. The summed E-state index contributed by atoms with van der Waals surface area (Å²) in [6, 6.07) is 0. The molecule has 0 aliphatic carbocycles. The lowest BCUT2D eigenvalue weighted by Gasteiger charge is -2.08. The Kier molecular flexibility index (Phi) is 7.26. The molecule has 0 saturated heterocycles. The van der Waals surface area contributed by atoms with E-state index in [1.165, 1.54) is 24.3 Å². The van der Waals surface area contributed by atoms with Crippen LogP contribution in [0.1, 0.15) is 26.7 Å². The smallest absolute Gasteiger partial charge is 0.000467 e. The summed E-state index contributed by atoms with van der Waals surface area (Å²) in [7, 11) is 0. The van der Waals surface area contributed by atoms with Crippen molar-refractivity contribution in [3.8, 4) is 0 Å². The van der Waals surface area contributed by atoms with Gasteiger partial charge in [0.05, 0.1) is 0 Å². The third-order valence-electron chi connectivity index (χ3n) is 1.53. The van der Waals surface area contributed by atoms with Crippen LogP contribution in [0.2, 0.25) is 0 Å². The topological polar surface area (TPSA) is 0 Å². The maximum atomic E-state index is 3.82. The van der Waals surface area contributed by atoms with Crippen LogP contribution in [0.15, 0.2) is 12.7 Å². The van der Waals surface area contributed by atoms with Crippen LogP contribution in [-0.2, 0) is 0 Å². The zero-order chi connectivity index (χ0) is 7.82. The molecule has 0 N–H and O–H groups in total. The number of rotatable bonds is 6. The van der Waals surface area contributed by atoms with Gasteiger partial charge in [-0.05, 0) is 23.8 Å². The fourth-order valence-corrected chi connectivity index (χ4v) is 1.75. The van der Waals surface area contributed by atoms with Gasteiger partial charge >= 0.3 is 0 Å². The van der Waals surface area contributed by atoms with Gasteiger partial charge in [0.2, 0.25) is 0 Å². The molecule has 0 nitrogen and oxygen atoms in total. The van der Waals surface area contributed by atoms with Crippen LogP contribution in [-0.4, -0.2) is 11.5 Å². The Morgan fingerprint density at radius 3 is 2.60 bits per heavy atom. The van der Waals surface area contributed by atoms with Crippen molar-refractivity contribution in [1.29, 1.82) is 0 Å². The first-order valence-electron chi connectivity index (χ1n) is 4.05. The van der Waals surface area contributed by atoms with E-state index in [4.69, 9.17) is 0 Å². The molecule has 0 aliphatic heterocycles. The van der Waals surface area contributed by atoms with E-state index < -0.39 is 0 Å². The van der Waals surface area contributed by atoms with E-state index in [1.54, 1.807) is 0 Å². The third-order valence-corrected chi connectivity index (χ3v) is 2.60. The summed E-state index contributed by atoms with van der Waals surface area (Å²) in [6.07, 6.45) is 4.67. The number of hydrogen-bond donors (Lipinski definition) is 0. The summed E-state index contributed by atoms with van der Waals surface area (Å²) in [6.45, 7) is 8.25. The normalized spacial score (nSPS) is 13.0. The van der Waals surface area contributed by atoms with Crippen molar-refractivity contribution in [2.75, 3.05) is 11.5 Å². The highest BCUT2D eigenvalue weighted by Gasteiger charge is 2.00. The van der Waals surface area contributed by atoms with E-state index in [9.17, 15) is 0 Å². The first-order chi connectivity index (χ1) is 4.85. The van der Waals surface area contributed by atoms with E-state index in [0.717, 1.165) is 5.92 Å². The van der Waals surface area contributed by atoms with Crippen LogP contribution in [0, 0.1) is 5.92 Å². The fraction of sp³-hybridized carbons (Fsp3) is 0.778. The maximum Gasteiger partial charge on any atom is -0.000467 e. The second-order valence-electron chi connectivity index (χ2n) is 2.44. The molecule has 60 valence electrons. The minimum atomic E-state index is 0.745. The van der Waals surface area contributed by atoms with Crippen LogP contribution in [0.5, 0.6) is 0 Å². The molecule has 0 saturated carbocycles. The largest absolute Gasteiger partial charge is 0.162 e. The van der Waals surface area contributed by atoms with Crippen LogP contribution in [0.3, 0.4) is 0 Å². The Morgan fingerprint density at radius 2 is 2.20 bits per heavy atom. The molecule has 0 aromatic heterocycles. The highest BCUT2D eigenvalue weighted by Crippen LogP contribution is 2.14. The lowest BCUT2D eigenvalue weighted by atomic mass is 10.1. The Bertz CT molecular complexity index is 78.8. The molecule has 0 fully saturated rings. The Balaban J connectivity index is 3.29. The Morgan fingerprint density at radius 1 is 1.50 bits per heavy atom. The predicted molar refractivity (Wildman–Crippen MR) is 51.6 cm³/mol. The molecule has 0 aliphatic rings. The molecule has 0 radical (unpaired) electrons. The standard InChI is InChI=1S/C9H18S/c1-4-7-9(5-2)8-10-6-3/h5,9H,2,4,6-8H2,1,3H3. The van der Waals surface area contributed by atoms with Crippen LogP contribution in [0.25, 0.3) is 0 Å². The molecule has 0 bridgehead atoms. The second-order valence-corrected chi connectivity index (χ2v) is 3.76. The van der Waals surface area contributed by atoms with Crippen molar-refractivity contribution in [2.24, 2.45) is 5.92 Å². The number of thioether (sulfide) groups is 1. The first-order valence-corrected chi connectivity index (χ1v) is 5.20. The molecule has 1 atom stereocenters. The number of allylic oxidation sites excluding steroid dienone is 1. The summed E-state index contributed by atoms with van der Waals surface area (Å²) < 4.78 is 0. The van der Waals surface area contributed by atoms with Gasteiger partial charge in [0.15, 0.2) is 0 Å². The number of hydrogen-bond acceptors (Lipinski definition) is 1. The molecule has 0 spiro atoms. The second kappa shape index (κ2) is 7.20. The minimum Gasteiger partial charge on any atom is -0.162 e. The molecular weight excluding hydrogens is 140 g/mol. The van der Waals surface area contributed by atoms with Crippen LogP contribution < -0.4 is 0 Å². The molecule has 0 aromatic carbocycles. The van der Waals surface area contributed by atoms with Crippen molar-refractivity contribution >= 4 is 11.8 Å². The van der Waals surface area contributed by atoms with Gasteiger partial charge in [-0.1, -0.05) is 26.3 Å². The Labute approximate surface area is 69.1 Å². The third kappa shape index (κ3) is 4.92. The molecule has 10 heavy (non-hydrogen) atoms. The summed E-state index contributed by atoms with van der Waals surface area (Å²) >= 11 is 2.01. The van der Waals surface area contributed by atoms with Gasteiger partial charge in [0.25, 0.3) is 0 Å². The fourth-order valence-electron chi connectivity index (χ4n) is 0.909. The van der Waals surface area contributed by atoms with Gasteiger partial charge in [-0.2, -0.15) is 11.8 Å². The summed E-state index contributed by atoms with van der Waals surface area (Å²) in [5.74, 6) is 3.23. The van der Waals surface area contributed by atoms with E-state index in [0.29, 0.717) is 0 Å².